The van der Waals surface area contributed by atoms with Crippen LogP contribution in [-0.4, -0.2) is 65.2 Å². The molecule has 3 heterocycles. The van der Waals surface area contributed by atoms with Crippen molar-refractivity contribution in [3.8, 4) is 5.75 Å². The maximum atomic E-state index is 13.6. The van der Waals surface area contributed by atoms with Gasteiger partial charge in [0.1, 0.15) is 11.6 Å². The number of phenols is 1. The fraction of sp³-hybridized carbons (Fsp3) is 0.357. The van der Waals surface area contributed by atoms with Crippen LogP contribution >= 0.6 is 0 Å². The van der Waals surface area contributed by atoms with Gasteiger partial charge >= 0.3 is 12.2 Å². The van der Waals surface area contributed by atoms with Crippen LogP contribution in [0.5, 0.6) is 5.75 Å². The van der Waals surface area contributed by atoms with Crippen molar-refractivity contribution in [1.82, 2.24) is 14.8 Å². The Morgan fingerprint density at radius 3 is 2.37 bits per heavy atom. The number of anilines is 2. The molecule has 1 N–H and O–H groups in total. The number of hydrogen-bond acceptors (Lipinski definition) is 5. The number of alkyl halides is 3. The number of benzene rings is 2. The van der Waals surface area contributed by atoms with Gasteiger partial charge in [-0.2, -0.15) is 13.2 Å². The molecule has 0 bridgehead atoms. The van der Waals surface area contributed by atoms with E-state index >= 15 is 0 Å². The molecule has 0 radical (unpaired) electrons. The molecule has 38 heavy (non-hydrogen) atoms. The van der Waals surface area contributed by atoms with Crippen LogP contribution in [0.25, 0.3) is 0 Å². The molecule has 0 unspecified atom stereocenters. The number of urea groups is 1. The first kappa shape index (κ1) is 25.8. The van der Waals surface area contributed by atoms with E-state index < -0.39 is 17.8 Å². The summed E-state index contributed by atoms with van der Waals surface area (Å²) in [5, 5.41) is 9.71. The largest absolute Gasteiger partial charge is 0.508 e. The first-order chi connectivity index (χ1) is 18.2. The van der Waals surface area contributed by atoms with Gasteiger partial charge in [0.05, 0.1) is 11.6 Å². The average Bonchev–Trinajstić information content (AvgIpc) is 3.25. The van der Waals surface area contributed by atoms with Gasteiger partial charge in [0.15, 0.2) is 0 Å². The molecule has 2 aliphatic heterocycles. The monoisotopic (exact) mass is 525 g/mol. The molecule has 0 spiro atoms. The predicted octanol–water partition coefficient (Wildman–Crippen LogP) is 5.13. The molecular formula is C28H30F3N5O2. The fourth-order valence-corrected chi connectivity index (χ4v) is 5.08. The van der Waals surface area contributed by atoms with Crippen molar-refractivity contribution in [2.45, 2.75) is 25.7 Å². The van der Waals surface area contributed by atoms with Crippen LogP contribution in [0, 0.1) is 0 Å². The number of carbonyl (C=O) groups excluding carboxylic acids is 1. The Kier molecular flexibility index (Phi) is 7.16. The number of hydrogen-bond donors (Lipinski definition) is 1. The van der Waals surface area contributed by atoms with Crippen molar-refractivity contribution in [1.29, 1.82) is 0 Å². The lowest BCUT2D eigenvalue weighted by atomic mass is 10.0. The maximum Gasteiger partial charge on any atom is 0.416 e. The van der Waals surface area contributed by atoms with E-state index in [1.54, 1.807) is 29.3 Å². The summed E-state index contributed by atoms with van der Waals surface area (Å²) in [6.07, 6.45) is -2.73. The van der Waals surface area contributed by atoms with Crippen LogP contribution in [0.2, 0.25) is 0 Å². The van der Waals surface area contributed by atoms with E-state index in [1.807, 2.05) is 12.1 Å². The Bertz CT molecular complexity index is 1260. The quantitative estimate of drug-likeness (QED) is 0.484. The molecule has 2 aromatic carbocycles. The molecule has 0 aliphatic carbocycles. The van der Waals surface area contributed by atoms with Gasteiger partial charge in [-0.25, -0.2) is 9.78 Å². The summed E-state index contributed by atoms with van der Waals surface area (Å²) in [5.74, 6) is 0.931. The third-order valence-corrected chi connectivity index (χ3v) is 7.23. The standard InChI is InChI=1S/C28H30F3N5O2/c1-2-33-12-14-34(15-13-33)26-11-6-20(17-32-26)18-35-19-25(21-4-3-5-22(16-21)28(29,30)31)36(27(35)38)23-7-9-24(37)10-8-23/h3-11,16-17,25,37H,2,12-15,18-19H2,1H3/t25-/m1/s1. The van der Waals surface area contributed by atoms with Crippen molar-refractivity contribution < 1.29 is 23.1 Å². The third-order valence-electron chi connectivity index (χ3n) is 7.23. The highest BCUT2D eigenvalue weighted by atomic mass is 19.4. The number of halogens is 3. The number of likely N-dealkylation sites (N-methyl/N-ethyl adjacent to an activating group) is 1. The molecular weight excluding hydrogens is 495 g/mol. The number of carbonyl (C=O) groups is 1. The molecule has 200 valence electrons. The number of aromatic nitrogens is 1. The van der Waals surface area contributed by atoms with Crippen molar-refractivity contribution in [2.75, 3.05) is 49.1 Å². The summed E-state index contributed by atoms with van der Waals surface area (Å²) in [4.78, 5) is 25.9. The highest BCUT2D eigenvalue weighted by Crippen LogP contribution is 2.38. The van der Waals surface area contributed by atoms with Crippen LogP contribution < -0.4 is 9.80 Å². The summed E-state index contributed by atoms with van der Waals surface area (Å²) < 4.78 is 40.3. The summed E-state index contributed by atoms with van der Waals surface area (Å²) >= 11 is 0. The number of amides is 2. The fourth-order valence-electron chi connectivity index (χ4n) is 5.08. The third kappa shape index (κ3) is 5.40. The summed E-state index contributed by atoms with van der Waals surface area (Å²) in [5.41, 5.74) is 0.969. The van der Waals surface area contributed by atoms with E-state index in [2.05, 4.69) is 21.7 Å². The van der Waals surface area contributed by atoms with Gasteiger partial charge in [0.25, 0.3) is 0 Å². The highest BCUT2D eigenvalue weighted by Gasteiger charge is 2.40. The van der Waals surface area contributed by atoms with Crippen molar-refractivity contribution in [3.05, 3.63) is 83.6 Å². The van der Waals surface area contributed by atoms with Crippen LogP contribution in [0.3, 0.4) is 0 Å². The van der Waals surface area contributed by atoms with E-state index in [4.69, 9.17) is 0 Å². The first-order valence-corrected chi connectivity index (χ1v) is 12.7. The minimum Gasteiger partial charge on any atom is -0.508 e. The number of pyridine rings is 1. The van der Waals surface area contributed by atoms with Gasteiger partial charge < -0.3 is 19.8 Å². The minimum absolute atomic E-state index is 0.0372. The topological polar surface area (TPSA) is 63.1 Å². The second-order valence-electron chi connectivity index (χ2n) is 9.63. The molecule has 2 amide bonds. The first-order valence-electron chi connectivity index (χ1n) is 12.7. The van der Waals surface area contributed by atoms with Crippen molar-refractivity contribution >= 4 is 17.5 Å². The molecule has 7 nitrogen and oxygen atoms in total. The Balaban J connectivity index is 1.37. The number of phenolic OH excluding ortho intramolecular Hbond substituents is 1. The van der Waals surface area contributed by atoms with Crippen molar-refractivity contribution in [2.24, 2.45) is 0 Å². The Morgan fingerprint density at radius 2 is 1.74 bits per heavy atom. The summed E-state index contributed by atoms with van der Waals surface area (Å²) in [6.45, 7) is 7.48. The average molecular weight is 526 g/mol. The molecule has 2 aliphatic rings. The highest BCUT2D eigenvalue weighted by molar-refractivity contribution is 5.95. The molecule has 1 atom stereocenters. The molecule has 2 saturated heterocycles. The number of rotatable bonds is 6. The van der Waals surface area contributed by atoms with E-state index in [9.17, 15) is 23.1 Å². The zero-order chi connectivity index (χ0) is 26.9. The molecule has 5 rings (SSSR count). The smallest absolute Gasteiger partial charge is 0.416 e. The number of nitrogens with zero attached hydrogens (tertiary/aromatic N) is 5. The van der Waals surface area contributed by atoms with E-state index in [-0.39, 0.29) is 24.9 Å². The van der Waals surface area contributed by atoms with Gasteiger partial charge in [0, 0.05) is 51.2 Å². The number of piperazine rings is 1. The maximum absolute atomic E-state index is 13.6. The van der Waals surface area contributed by atoms with Gasteiger partial charge in [-0.1, -0.05) is 25.1 Å². The second kappa shape index (κ2) is 10.5. The summed E-state index contributed by atoms with van der Waals surface area (Å²) in [6, 6.07) is 14.1. The second-order valence-corrected chi connectivity index (χ2v) is 9.63. The van der Waals surface area contributed by atoms with E-state index in [1.165, 1.54) is 23.1 Å². The van der Waals surface area contributed by atoms with Gasteiger partial charge in [0.2, 0.25) is 0 Å². The zero-order valence-corrected chi connectivity index (χ0v) is 21.1. The molecule has 10 heteroatoms. The van der Waals surface area contributed by atoms with Crippen LogP contribution in [0.15, 0.2) is 66.9 Å². The molecule has 2 fully saturated rings. The Morgan fingerprint density at radius 1 is 1.00 bits per heavy atom. The predicted molar refractivity (Wildman–Crippen MR) is 139 cm³/mol. The van der Waals surface area contributed by atoms with Gasteiger partial charge in [-0.15, -0.1) is 0 Å². The molecule has 1 aromatic heterocycles. The SMILES string of the molecule is CCN1CCN(c2ccc(CN3C[C@H](c4cccc(C(F)(F)F)c4)N(c4ccc(O)cc4)C3=O)cn2)CC1. The molecule has 3 aromatic rings. The van der Waals surface area contributed by atoms with Crippen LogP contribution in [-0.2, 0) is 12.7 Å². The Labute approximate surface area is 219 Å². The minimum atomic E-state index is -4.49. The number of aromatic hydroxyl groups is 1. The van der Waals surface area contributed by atoms with E-state index in [0.717, 1.165) is 56.2 Å². The van der Waals surface area contributed by atoms with Crippen LogP contribution in [0.4, 0.5) is 29.5 Å². The van der Waals surface area contributed by atoms with Crippen LogP contribution in [0.1, 0.15) is 29.7 Å². The Hall–Kier alpha value is -3.79. The summed E-state index contributed by atoms with van der Waals surface area (Å²) in [7, 11) is 0. The van der Waals surface area contributed by atoms with Gasteiger partial charge in [-0.3, -0.25) is 4.90 Å². The van der Waals surface area contributed by atoms with Gasteiger partial charge in [-0.05, 0) is 60.1 Å². The lowest BCUT2D eigenvalue weighted by Crippen LogP contribution is -2.46. The lowest BCUT2D eigenvalue weighted by Gasteiger charge is -2.34. The lowest BCUT2D eigenvalue weighted by molar-refractivity contribution is -0.137. The normalized spacial score (nSPS) is 18.9. The van der Waals surface area contributed by atoms with E-state index in [0.29, 0.717) is 11.3 Å². The van der Waals surface area contributed by atoms with Crippen molar-refractivity contribution in [3.63, 3.8) is 0 Å². The zero-order valence-electron chi connectivity index (χ0n) is 21.1. The molecule has 0 saturated carbocycles.